The van der Waals surface area contributed by atoms with E-state index in [4.69, 9.17) is 5.73 Å². The molecule has 1 aliphatic rings. The third-order valence-corrected chi connectivity index (χ3v) is 5.02. The predicted molar refractivity (Wildman–Crippen MR) is 102 cm³/mol. The van der Waals surface area contributed by atoms with Crippen molar-refractivity contribution in [3.05, 3.63) is 70.8 Å². The number of hydrogen-bond acceptors (Lipinski definition) is 3. The Morgan fingerprint density at radius 1 is 1.03 bits per heavy atom. The Morgan fingerprint density at radius 2 is 1.69 bits per heavy atom. The molecule has 152 valence electrons. The zero-order valence-corrected chi connectivity index (χ0v) is 15.7. The number of primary amides is 1. The van der Waals surface area contributed by atoms with Gasteiger partial charge in [-0.2, -0.15) is 0 Å². The molecule has 6 nitrogen and oxygen atoms in total. The molecule has 2 aromatic carbocycles. The molecule has 8 heteroatoms. The largest absolute Gasteiger partial charge is 0.366 e. The molecule has 3 rings (SSSR count). The van der Waals surface area contributed by atoms with Crippen molar-refractivity contribution in [1.29, 1.82) is 0 Å². The van der Waals surface area contributed by atoms with Crippen molar-refractivity contribution < 1.29 is 23.2 Å². The Morgan fingerprint density at radius 3 is 2.28 bits per heavy atom. The summed E-state index contributed by atoms with van der Waals surface area (Å²) in [6.07, 6.45) is 0.919. The first-order valence-corrected chi connectivity index (χ1v) is 9.26. The highest BCUT2D eigenvalue weighted by molar-refractivity contribution is 5.94. The van der Waals surface area contributed by atoms with Crippen molar-refractivity contribution in [3.8, 4) is 0 Å². The highest BCUT2D eigenvalue weighted by atomic mass is 19.1. The Hall–Kier alpha value is -3.29. The topological polar surface area (TPSA) is 92.5 Å². The number of nitrogens with one attached hydrogen (secondary N) is 1. The van der Waals surface area contributed by atoms with Crippen LogP contribution in [0, 0.1) is 17.6 Å². The maximum absolute atomic E-state index is 13.8. The van der Waals surface area contributed by atoms with Gasteiger partial charge in [0.2, 0.25) is 11.8 Å². The first-order valence-electron chi connectivity index (χ1n) is 9.26. The fourth-order valence-corrected chi connectivity index (χ4v) is 3.30. The van der Waals surface area contributed by atoms with Gasteiger partial charge in [-0.25, -0.2) is 8.78 Å². The lowest BCUT2D eigenvalue weighted by Crippen LogP contribution is -2.43. The fraction of sp³-hybridized carbons (Fsp3) is 0.286. The summed E-state index contributed by atoms with van der Waals surface area (Å²) in [5.41, 5.74) is 6.26. The lowest BCUT2D eigenvalue weighted by molar-refractivity contribution is -0.126. The molecule has 0 aromatic heterocycles. The molecule has 0 bridgehead atoms. The molecular weight excluding hydrogens is 380 g/mol. The van der Waals surface area contributed by atoms with Crippen LogP contribution in [0.1, 0.15) is 39.1 Å². The van der Waals surface area contributed by atoms with E-state index < -0.39 is 23.4 Å². The summed E-state index contributed by atoms with van der Waals surface area (Å²) in [6, 6.07) is 9.51. The number of halogens is 2. The molecule has 3 amide bonds. The quantitative estimate of drug-likeness (QED) is 0.805. The molecule has 3 N–H and O–H groups in total. The maximum Gasteiger partial charge on any atom is 0.256 e. The Bertz CT molecular complexity index is 923. The molecule has 0 unspecified atom stereocenters. The Labute approximate surface area is 166 Å². The summed E-state index contributed by atoms with van der Waals surface area (Å²) in [5.74, 6) is -3.01. The molecule has 1 heterocycles. The van der Waals surface area contributed by atoms with Crippen molar-refractivity contribution >= 4 is 17.7 Å². The second-order valence-electron chi connectivity index (χ2n) is 6.97. The lowest BCUT2D eigenvalue weighted by Gasteiger charge is -2.31. The number of carbonyl (C=O) groups is 3. The van der Waals surface area contributed by atoms with Crippen LogP contribution in [0.4, 0.5) is 8.78 Å². The third kappa shape index (κ3) is 4.96. The molecule has 0 saturated carbocycles. The first kappa shape index (κ1) is 20.4. The number of benzene rings is 2. The van der Waals surface area contributed by atoms with Gasteiger partial charge in [-0.15, -0.1) is 0 Å². The van der Waals surface area contributed by atoms with Crippen molar-refractivity contribution in [3.63, 3.8) is 0 Å². The number of piperidine rings is 1. The van der Waals surface area contributed by atoms with Crippen LogP contribution < -0.4 is 11.1 Å². The standard InChI is InChI=1S/C21H21F2N3O3/c22-16-5-6-17(18(23)11-16)21(29)26-9-7-15(8-10-26)20(28)25-12-13-1-3-14(4-2-13)19(24)27/h1-6,11,15H,7-10,12H2,(H2,24,27)(H,25,28). The van der Waals surface area contributed by atoms with E-state index in [9.17, 15) is 23.2 Å². The lowest BCUT2D eigenvalue weighted by atomic mass is 9.95. The molecule has 1 aliphatic heterocycles. The molecule has 29 heavy (non-hydrogen) atoms. The van der Waals surface area contributed by atoms with Crippen LogP contribution in [-0.4, -0.2) is 35.7 Å². The van der Waals surface area contributed by atoms with Crippen LogP contribution in [0.3, 0.4) is 0 Å². The molecule has 1 fully saturated rings. The third-order valence-electron chi connectivity index (χ3n) is 5.02. The van der Waals surface area contributed by atoms with Gasteiger partial charge in [0.05, 0.1) is 5.56 Å². The van der Waals surface area contributed by atoms with Crippen LogP contribution >= 0.6 is 0 Å². The van der Waals surface area contributed by atoms with Crippen LogP contribution in [0.5, 0.6) is 0 Å². The summed E-state index contributed by atoms with van der Waals surface area (Å²) in [5, 5.41) is 2.85. The first-order chi connectivity index (χ1) is 13.8. The normalized spacial score (nSPS) is 14.5. The zero-order chi connectivity index (χ0) is 21.0. The van der Waals surface area contributed by atoms with E-state index in [-0.39, 0.29) is 17.4 Å². The minimum absolute atomic E-state index is 0.121. The minimum Gasteiger partial charge on any atom is -0.366 e. The number of likely N-dealkylation sites (tertiary alicyclic amines) is 1. The summed E-state index contributed by atoms with van der Waals surface area (Å²) in [7, 11) is 0. The number of amides is 3. The van der Waals surface area contributed by atoms with Gasteiger partial charge in [-0.05, 0) is 42.7 Å². The van der Waals surface area contributed by atoms with Crippen molar-refractivity contribution in [2.75, 3.05) is 13.1 Å². The van der Waals surface area contributed by atoms with Crippen molar-refractivity contribution in [1.82, 2.24) is 10.2 Å². The van der Waals surface area contributed by atoms with Crippen LogP contribution in [-0.2, 0) is 11.3 Å². The Kier molecular flexibility index (Phi) is 6.21. The van der Waals surface area contributed by atoms with Crippen LogP contribution in [0.25, 0.3) is 0 Å². The zero-order valence-electron chi connectivity index (χ0n) is 15.7. The molecule has 0 spiro atoms. The number of rotatable bonds is 5. The van der Waals surface area contributed by atoms with Gasteiger partial charge in [0.1, 0.15) is 11.6 Å². The van der Waals surface area contributed by atoms with E-state index in [0.717, 1.165) is 17.7 Å². The number of hydrogen-bond donors (Lipinski definition) is 2. The molecule has 2 aromatic rings. The van der Waals surface area contributed by atoms with Gasteiger partial charge in [0.15, 0.2) is 0 Å². The highest BCUT2D eigenvalue weighted by Crippen LogP contribution is 2.21. The predicted octanol–water partition coefficient (Wildman–Crippen LogP) is 2.23. The van der Waals surface area contributed by atoms with Gasteiger partial charge in [0.25, 0.3) is 5.91 Å². The second kappa shape index (κ2) is 8.81. The smallest absolute Gasteiger partial charge is 0.256 e. The monoisotopic (exact) mass is 401 g/mol. The van der Waals surface area contributed by atoms with E-state index in [1.54, 1.807) is 24.3 Å². The average molecular weight is 401 g/mol. The van der Waals surface area contributed by atoms with Gasteiger partial charge in [-0.1, -0.05) is 12.1 Å². The van der Waals surface area contributed by atoms with E-state index in [1.807, 2.05) is 0 Å². The maximum atomic E-state index is 13.8. The van der Waals surface area contributed by atoms with E-state index in [1.165, 1.54) is 4.90 Å². The molecule has 0 aliphatic carbocycles. The van der Waals surface area contributed by atoms with Gasteiger partial charge < -0.3 is 16.0 Å². The molecular formula is C21H21F2N3O3. The number of nitrogens with two attached hydrogens (primary N) is 1. The van der Waals surface area contributed by atoms with Crippen molar-refractivity contribution in [2.45, 2.75) is 19.4 Å². The second-order valence-corrected chi connectivity index (χ2v) is 6.97. The number of carbonyl (C=O) groups excluding carboxylic acids is 3. The van der Waals surface area contributed by atoms with Crippen LogP contribution in [0.15, 0.2) is 42.5 Å². The van der Waals surface area contributed by atoms with Gasteiger partial charge in [-0.3, -0.25) is 14.4 Å². The number of nitrogens with zero attached hydrogens (tertiary/aromatic N) is 1. The van der Waals surface area contributed by atoms with Gasteiger partial charge >= 0.3 is 0 Å². The van der Waals surface area contributed by atoms with Gasteiger partial charge in [0, 0.05) is 37.2 Å². The van der Waals surface area contributed by atoms with E-state index >= 15 is 0 Å². The van der Waals surface area contributed by atoms with Crippen LogP contribution in [0.2, 0.25) is 0 Å². The molecule has 0 radical (unpaired) electrons. The summed E-state index contributed by atoms with van der Waals surface area (Å²) < 4.78 is 26.8. The van der Waals surface area contributed by atoms with E-state index in [0.29, 0.717) is 44.1 Å². The molecule has 0 atom stereocenters. The fourth-order valence-electron chi connectivity index (χ4n) is 3.30. The SMILES string of the molecule is NC(=O)c1ccc(CNC(=O)C2CCN(C(=O)c3ccc(F)cc3F)CC2)cc1. The minimum atomic E-state index is -0.891. The van der Waals surface area contributed by atoms with Crippen molar-refractivity contribution in [2.24, 2.45) is 11.7 Å². The van der Waals surface area contributed by atoms with E-state index in [2.05, 4.69) is 5.32 Å². The molecule has 1 saturated heterocycles. The average Bonchev–Trinajstić information content (AvgIpc) is 2.72. The summed E-state index contributed by atoms with van der Waals surface area (Å²) >= 11 is 0. The summed E-state index contributed by atoms with van der Waals surface area (Å²) in [4.78, 5) is 37.4. The summed E-state index contributed by atoms with van der Waals surface area (Å²) in [6.45, 7) is 0.958. The Balaban J connectivity index is 1.50. The highest BCUT2D eigenvalue weighted by Gasteiger charge is 2.28.